The van der Waals surface area contributed by atoms with E-state index in [0.29, 0.717) is 16.9 Å². The van der Waals surface area contributed by atoms with Crippen molar-refractivity contribution in [3.8, 4) is 5.75 Å². The Bertz CT molecular complexity index is 465. The molecule has 1 fully saturated rings. The third-order valence-corrected chi connectivity index (χ3v) is 3.36. The average Bonchev–Trinajstić information content (AvgIpc) is 2.69. The lowest BCUT2D eigenvalue weighted by Gasteiger charge is -2.18. The molecular formula is C13H17FO5. The number of hydrogen-bond acceptors (Lipinski definition) is 5. The van der Waals surface area contributed by atoms with Crippen LogP contribution in [0.15, 0.2) is 12.1 Å². The number of methoxy groups -OCH3 is 1. The molecule has 1 aliphatic heterocycles. The molecule has 6 heteroatoms. The minimum Gasteiger partial charge on any atom is -0.496 e. The SMILES string of the molecule is COc1cc(C)c(F)cc1C1OC(CO)C(O)C1O. The first-order chi connectivity index (χ1) is 8.99. The van der Waals surface area contributed by atoms with Gasteiger partial charge in [-0.25, -0.2) is 4.39 Å². The second kappa shape index (κ2) is 5.42. The van der Waals surface area contributed by atoms with E-state index < -0.39 is 36.8 Å². The van der Waals surface area contributed by atoms with Gasteiger partial charge in [-0.2, -0.15) is 0 Å². The summed E-state index contributed by atoms with van der Waals surface area (Å²) in [6, 6.07) is 2.72. The van der Waals surface area contributed by atoms with E-state index in [-0.39, 0.29) is 0 Å². The molecule has 0 spiro atoms. The first-order valence-corrected chi connectivity index (χ1v) is 5.96. The second-order valence-corrected chi connectivity index (χ2v) is 4.60. The van der Waals surface area contributed by atoms with Crippen LogP contribution in [0.4, 0.5) is 4.39 Å². The van der Waals surface area contributed by atoms with E-state index in [1.807, 2.05) is 0 Å². The normalized spacial score (nSPS) is 30.6. The second-order valence-electron chi connectivity index (χ2n) is 4.60. The molecule has 4 atom stereocenters. The molecule has 1 aliphatic rings. The van der Waals surface area contributed by atoms with Crippen LogP contribution >= 0.6 is 0 Å². The van der Waals surface area contributed by atoms with Gasteiger partial charge in [0, 0.05) is 5.56 Å². The van der Waals surface area contributed by atoms with Gasteiger partial charge in [-0.05, 0) is 24.6 Å². The predicted octanol–water partition coefficient (Wildman–Crippen LogP) is 0.297. The van der Waals surface area contributed by atoms with Gasteiger partial charge in [0.25, 0.3) is 0 Å². The fourth-order valence-corrected chi connectivity index (χ4v) is 2.23. The highest BCUT2D eigenvalue weighted by molar-refractivity contribution is 5.40. The van der Waals surface area contributed by atoms with E-state index in [9.17, 15) is 14.6 Å². The highest BCUT2D eigenvalue weighted by Crippen LogP contribution is 2.38. The van der Waals surface area contributed by atoms with E-state index >= 15 is 0 Å². The van der Waals surface area contributed by atoms with Crippen LogP contribution in [0.3, 0.4) is 0 Å². The maximum absolute atomic E-state index is 13.6. The Balaban J connectivity index is 2.39. The molecular weight excluding hydrogens is 255 g/mol. The summed E-state index contributed by atoms with van der Waals surface area (Å²) in [4.78, 5) is 0. The molecule has 0 radical (unpaired) electrons. The Kier molecular flexibility index (Phi) is 4.05. The lowest BCUT2D eigenvalue weighted by molar-refractivity contribution is -0.0233. The summed E-state index contributed by atoms with van der Waals surface area (Å²) < 4.78 is 24.2. The molecule has 2 rings (SSSR count). The van der Waals surface area contributed by atoms with Crippen molar-refractivity contribution >= 4 is 0 Å². The first-order valence-electron chi connectivity index (χ1n) is 5.96. The summed E-state index contributed by atoms with van der Waals surface area (Å²) in [5.41, 5.74) is 0.723. The average molecular weight is 272 g/mol. The van der Waals surface area contributed by atoms with E-state index in [1.54, 1.807) is 6.92 Å². The molecule has 1 heterocycles. The zero-order chi connectivity index (χ0) is 14.2. The number of aliphatic hydroxyl groups is 3. The predicted molar refractivity (Wildman–Crippen MR) is 64.4 cm³/mol. The summed E-state index contributed by atoms with van der Waals surface area (Å²) in [6.07, 6.45) is -4.29. The molecule has 0 aromatic heterocycles. The van der Waals surface area contributed by atoms with Crippen molar-refractivity contribution in [3.63, 3.8) is 0 Å². The molecule has 0 aliphatic carbocycles. The Morgan fingerprint density at radius 3 is 2.53 bits per heavy atom. The van der Waals surface area contributed by atoms with E-state index in [2.05, 4.69) is 0 Å². The molecule has 0 bridgehead atoms. The van der Waals surface area contributed by atoms with Gasteiger partial charge >= 0.3 is 0 Å². The number of aryl methyl sites for hydroxylation is 1. The van der Waals surface area contributed by atoms with Crippen molar-refractivity contribution in [2.45, 2.75) is 31.3 Å². The molecule has 3 N–H and O–H groups in total. The molecule has 1 aromatic carbocycles. The smallest absolute Gasteiger partial charge is 0.126 e. The Morgan fingerprint density at radius 2 is 2.00 bits per heavy atom. The summed E-state index contributed by atoms with van der Waals surface area (Å²) >= 11 is 0. The van der Waals surface area contributed by atoms with Crippen LogP contribution in [0, 0.1) is 12.7 Å². The fourth-order valence-electron chi connectivity index (χ4n) is 2.23. The zero-order valence-electron chi connectivity index (χ0n) is 10.7. The highest BCUT2D eigenvalue weighted by Gasteiger charge is 2.44. The number of hydrogen-bond donors (Lipinski definition) is 3. The lowest BCUT2D eigenvalue weighted by Crippen LogP contribution is -2.32. The third-order valence-electron chi connectivity index (χ3n) is 3.36. The quantitative estimate of drug-likeness (QED) is 0.737. The number of ether oxygens (including phenoxy) is 2. The van der Waals surface area contributed by atoms with Crippen LogP contribution < -0.4 is 4.74 Å². The number of benzene rings is 1. The summed E-state index contributed by atoms with van der Waals surface area (Å²) in [5, 5.41) is 28.7. The van der Waals surface area contributed by atoms with E-state index in [1.165, 1.54) is 19.2 Å². The fraction of sp³-hybridized carbons (Fsp3) is 0.538. The van der Waals surface area contributed by atoms with Gasteiger partial charge < -0.3 is 24.8 Å². The van der Waals surface area contributed by atoms with E-state index in [4.69, 9.17) is 14.6 Å². The van der Waals surface area contributed by atoms with Gasteiger partial charge in [0.1, 0.15) is 36.0 Å². The first kappa shape index (κ1) is 14.2. The summed E-state index contributed by atoms with van der Waals surface area (Å²) in [6.45, 7) is 1.17. The molecule has 0 saturated carbocycles. The Labute approximate surface area is 110 Å². The maximum Gasteiger partial charge on any atom is 0.126 e. The minimum absolute atomic E-state index is 0.313. The Hall–Kier alpha value is -1.21. The van der Waals surface area contributed by atoms with Crippen molar-refractivity contribution < 1.29 is 29.2 Å². The van der Waals surface area contributed by atoms with Gasteiger partial charge in [-0.15, -0.1) is 0 Å². The topological polar surface area (TPSA) is 79.2 Å². The summed E-state index contributed by atoms with van der Waals surface area (Å²) in [7, 11) is 1.43. The van der Waals surface area contributed by atoms with Crippen molar-refractivity contribution in [3.05, 3.63) is 29.1 Å². The van der Waals surface area contributed by atoms with Gasteiger partial charge in [0.05, 0.1) is 13.7 Å². The van der Waals surface area contributed by atoms with Crippen molar-refractivity contribution in [1.29, 1.82) is 0 Å². The van der Waals surface area contributed by atoms with E-state index in [0.717, 1.165) is 0 Å². The van der Waals surface area contributed by atoms with Crippen LogP contribution in [0.25, 0.3) is 0 Å². The minimum atomic E-state index is -1.24. The van der Waals surface area contributed by atoms with Crippen molar-refractivity contribution in [1.82, 2.24) is 0 Å². The lowest BCUT2D eigenvalue weighted by atomic mass is 9.99. The third kappa shape index (κ3) is 2.44. The molecule has 0 amide bonds. The molecule has 106 valence electrons. The van der Waals surface area contributed by atoms with Gasteiger partial charge in [-0.1, -0.05) is 0 Å². The summed E-state index contributed by atoms with van der Waals surface area (Å²) in [5.74, 6) is -0.0812. The monoisotopic (exact) mass is 272 g/mol. The molecule has 1 aromatic rings. The maximum atomic E-state index is 13.6. The highest BCUT2D eigenvalue weighted by atomic mass is 19.1. The van der Waals surface area contributed by atoms with Gasteiger partial charge in [0.15, 0.2) is 0 Å². The number of halogens is 1. The van der Waals surface area contributed by atoms with Crippen LogP contribution in [-0.4, -0.2) is 47.3 Å². The van der Waals surface area contributed by atoms with Crippen LogP contribution in [0.1, 0.15) is 17.2 Å². The largest absolute Gasteiger partial charge is 0.496 e. The molecule has 4 unspecified atom stereocenters. The van der Waals surface area contributed by atoms with Gasteiger partial charge in [-0.3, -0.25) is 0 Å². The zero-order valence-corrected chi connectivity index (χ0v) is 10.7. The molecule has 1 saturated heterocycles. The van der Waals surface area contributed by atoms with Gasteiger partial charge in [0.2, 0.25) is 0 Å². The molecule has 19 heavy (non-hydrogen) atoms. The molecule has 5 nitrogen and oxygen atoms in total. The van der Waals surface area contributed by atoms with Crippen LogP contribution in [0.2, 0.25) is 0 Å². The number of aliphatic hydroxyl groups excluding tert-OH is 3. The van der Waals surface area contributed by atoms with Crippen LogP contribution in [-0.2, 0) is 4.74 Å². The van der Waals surface area contributed by atoms with Crippen molar-refractivity contribution in [2.75, 3.05) is 13.7 Å². The Morgan fingerprint density at radius 1 is 1.32 bits per heavy atom. The van der Waals surface area contributed by atoms with Crippen molar-refractivity contribution in [2.24, 2.45) is 0 Å². The van der Waals surface area contributed by atoms with Crippen LogP contribution in [0.5, 0.6) is 5.75 Å². The number of rotatable bonds is 3. The standard InChI is InChI=1S/C13H17FO5/c1-6-3-9(18-2)7(4-8(6)14)13-12(17)11(16)10(5-15)19-13/h3-4,10-13,15-17H,5H2,1-2H3.